The molecule has 10 heteroatoms. The second-order valence-corrected chi connectivity index (χ2v) is 14.4. The largest absolute Gasteiger partial charge is 0.507 e. The molecule has 3 aromatic rings. The molecule has 5 rings (SSSR count). The van der Waals surface area contributed by atoms with Crippen molar-refractivity contribution in [1.29, 1.82) is 0 Å². The molecule has 3 aromatic carbocycles. The van der Waals surface area contributed by atoms with Gasteiger partial charge in [-0.25, -0.2) is 8.42 Å². The molecule has 4 N–H and O–H groups in total. The Balaban J connectivity index is 1.02. The van der Waals surface area contributed by atoms with E-state index in [-0.39, 0.29) is 40.9 Å². The van der Waals surface area contributed by atoms with Crippen molar-refractivity contribution in [2.45, 2.75) is 67.6 Å². The van der Waals surface area contributed by atoms with E-state index in [2.05, 4.69) is 17.4 Å². The number of piperidine rings is 1. The molecular formula is C35H44N2O7S. The first kappa shape index (κ1) is 32.9. The van der Waals surface area contributed by atoms with Gasteiger partial charge in [-0.1, -0.05) is 42.5 Å². The molecule has 1 aliphatic carbocycles. The molecule has 1 amide bonds. The van der Waals surface area contributed by atoms with Crippen LogP contribution in [0.5, 0.6) is 11.5 Å². The van der Waals surface area contributed by atoms with Crippen LogP contribution in [0.15, 0.2) is 77.7 Å². The number of carbonyl (C=O) groups excluding carboxylic acids is 1. The van der Waals surface area contributed by atoms with Gasteiger partial charge in [-0.05, 0) is 85.8 Å². The van der Waals surface area contributed by atoms with Gasteiger partial charge in [-0.3, -0.25) is 4.79 Å². The topological polar surface area (TPSA) is 136 Å². The summed E-state index contributed by atoms with van der Waals surface area (Å²) in [6.07, 6.45) is 5.27. The van der Waals surface area contributed by atoms with Crippen LogP contribution in [-0.4, -0.2) is 79.2 Å². The van der Waals surface area contributed by atoms with Crippen LogP contribution in [-0.2, 0) is 9.84 Å². The first-order valence-electron chi connectivity index (χ1n) is 15.8. The molecule has 2 fully saturated rings. The van der Waals surface area contributed by atoms with Crippen molar-refractivity contribution in [1.82, 2.24) is 10.2 Å². The van der Waals surface area contributed by atoms with Gasteiger partial charge in [-0.15, -0.1) is 0 Å². The van der Waals surface area contributed by atoms with Crippen LogP contribution in [0.2, 0.25) is 0 Å². The molecular weight excluding hydrogens is 592 g/mol. The SMILES string of the molecule is CS(=O)(=O)c1cc(OCC(O)CNC2CCC(c3ccc(C(=O)N4CCC(C(O)c5ccccc5)CC4)cc3)CC2)ccc1O. The van der Waals surface area contributed by atoms with Crippen molar-refractivity contribution in [3.8, 4) is 11.5 Å². The number of carbonyl (C=O) groups is 1. The Kier molecular flexibility index (Phi) is 10.8. The summed E-state index contributed by atoms with van der Waals surface area (Å²) in [6, 6.07) is 22.1. The monoisotopic (exact) mass is 636 g/mol. The van der Waals surface area contributed by atoms with E-state index in [0.717, 1.165) is 50.3 Å². The second-order valence-electron chi connectivity index (χ2n) is 12.4. The van der Waals surface area contributed by atoms with Crippen molar-refractivity contribution >= 4 is 15.7 Å². The van der Waals surface area contributed by atoms with Crippen LogP contribution < -0.4 is 10.1 Å². The van der Waals surface area contributed by atoms with E-state index in [1.807, 2.05) is 47.4 Å². The maximum Gasteiger partial charge on any atom is 0.253 e. The van der Waals surface area contributed by atoms with E-state index >= 15 is 0 Å². The standard InChI is InChI=1S/C35H44N2O7S/c1-45(42,43)33-21-31(15-16-32(33)39)44-23-30(38)22-36-29-13-11-25(12-14-29)24-7-9-28(10-8-24)35(41)37-19-17-27(18-20-37)34(40)26-5-3-2-4-6-26/h2-10,15-16,21,25,27,29-30,34,36,38-40H,11-14,17-20,22-23H2,1H3. The van der Waals surface area contributed by atoms with Crippen molar-refractivity contribution in [2.24, 2.45) is 5.92 Å². The van der Waals surface area contributed by atoms with Crippen LogP contribution in [0.1, 0.15) is 72.0 Å². The molecule has 1 saturated carbocycles. The average molecular weight is 637 g/mol. The Morgan fingerprint density at radius 3 is 2.24 bits per heavy atom. The molecule has 1 saturated heterocycles. The number of ether oxygens (including phenoxy) is 1. The van der Waals surface area contributed by atoms with Gasteiger partial charge in [0, 0.05) is 43.6 Å². The number of phenolic OH excluding ortho intramolecular Hbond substituents is 1. The van der Waals surface area contributed by atoms with E-state index in [9.17, 15) is 28.5 Å². The van der Waals surface area contributed by atoms with E-state index in [0.29, 0.717) is 31.1 Å². The van der Waals surface area contributed by atoms with E-state index in [1.54, 1.807) is 0 Å². The van der Waals surface area contributed by atoms with Gasteiger partial charge in [0.25, 0.3) is 5.91 Å². The summed E-state index contributed by atoms with van der Waals surface area (Å²) in [7, 11) is -3.60. The Bertz CT molecular complexity index is 1520. The Morgan fingerprint density at radius 2 is 1.60 bits per heavy atom. The number of nitrogens with zero attached hydrogens (tertiary/aromatic N) is 1. The fraction of sp³-hybridized carbons (Fsp3) is 0.457. The highest BCUT2D eigenvalue weighted by Gasteiger charge is 2.29. The highest BCUT2D eigenvalue weighted by Crippen LogP contribution is 2.34. The van der Waals surface area contributed by atoms with Gasteiger partial charge in [-0.2, -0.15) is 0 Å². The summed E-state index contributed by atoms with van der Waals surface area (Å²) >= 11 is 0. The summed E-state index contributed by atoms with van der Waals surface area (Å²) in [5.41, 5.74) is 2.88. The number of amides is 1. The number of rotatable bonds is 11. The Hall–Kier alpha value is -3.44. The lowest BCUT2D eigenvalue weighted by Crippen LogP contribution is -2.40. The minimum atomic E-state index is -3.60. The number of aliphatic hydroxyl groups excluding tert-OH is 2. The number of aliphatic hydroxyl groups is 2. The average Bonchev–Trinajstić information content (AvgIpc) is 3.06. The Labute approximate surface area is 265 Å². The summed E-state index contributed by atoms with van der Waals surface area (Å²) < 4.78 is 29.2. The number of hydrogen-bond acceptors (Lipinski definition) is 8. The van der Waals surface area contributed by atoms with Crippen LogP contribution in [0, 0.1) is 5.92 Å². The predicted molar refractivity (Wildman–Crippen MR) is 172 cm³/mol. The number of benzene rings is 3. The number of phenols is 1. The highest BCUT2D eigenvalue weighted by molar-refractivity contribution is 7.90. The summed E-state index contributed by atoms with van der Waals surface area (Å²) in [5, 5.41) is 34.4. The predicted octanol–water partition coefficient (Wildman–Crippen LogP) is 4.44. The summed E-state index contributed by atoms with van der Waals surface area (Å²) in [5.74, 6) is 0.561. The van der Waals surface area contributed by atoms with Gasteiger partial charge < -0.3 is 30.3 Å². The summed E-state index contributed by atoms with van der Waals surface area (Å²) in [6.45, 7) is 1.64. The molecule has 242 valence electrons. The third kappa shape index (κ3) is 8.64. The minimum absolute atomic E-state index is 0.00492. The molecule has 9 nitrogen and oxygen atoms in total. The Morgan fingerprint density at radius 1 is 0.933 bits per heavy atom. The smallest absolute Gasteiger partial charge is 0.253 e. The number of sulfone groups is 1. The fourth-order valence-corrected chi connectivity index (χ4v) is 7.27. The van der Waals surface area contributed by atoms with E-state index in [1.165, 1.54) is 23.8 Å². The normalized spacial score (nSPS) is 20.8. The third-order valence-electron chi connectivity index (χ3n) is 9.19. The van der Waals surface area contributed by atoms with Crippen LogP contribution >= 0.6 is 0 Å². The zero-order valence-electron chi connectivity index (χ0n) is 25.7. The third-order valence-corrected chi connectivity index (χ3v) is 10.3. The lowest BCUT2D eigenvalue weighted by molar-refractivity contribution is 0.0462. The van der Waals surface area contributed by atoms with Gasteiger partial charge in [0.05, 0.1) is 6.10 Å². The van der Waals surface area contributed by atoms with Crippen LogP contribution in [0.4, 0.5) is 0 Å². The van der Waals surface area contributed by atoms with Gasteiger partial charge in [0.1, 0.15) is 29.1 Å². The van der Waals surface area contributed by atoms with Crippen molar-refractivity contribution in [3.63, 3.8) is 0 Å². The molecule has 2 unspecified atom stereocenters. The van der Waals surface area contributed by atoms with E-state index < -0.39 is 22.0 Å². The highest BCUT2D eigenvalue weighted by atomic mass is 32.2. The van der Waals surface area contributed by atoms with Crippen molar-refractivity contribution < 1.29 is 33.3 Å². The lowest BCUT2D eigenvalue weighted by Gasteiger charge is -2.34. The number of nitrogens with one attached hydrogen (secondary N) is 1. The van der Waals surface area contributed by atoms with E-state index in [4.69, 9.17) is 4.74 Å². The quantitative estimate of drug-likeness (QED) is 0.243. The van der Waals surface area contributed by atoms with Gasteiger partial charge in [0.15, 0.2) is 9.84 Å². The molecule has 1 aliphatic heterocycles. The number of likely N-dealkylation sites (tertiary alicyclic amines) is 1. The van der Waals surface area contributed by atoms with Crippen molar-refractivity contribution in [2.75, 3.05) is 32.5 Å². The molecule has 0 radical (unpaired) electrons. The first-order valence-corrected chi connectivity index (χ1v) is 17.7. The second kappa shape index (κ2) is 14.8. The molecule has 0 spiro atoms. The molecule has 2 aliphatic rings. The van der Waals surface area contributed by atoms with Gasteiger partial charge in [0.2, 0.25) is 0 Å². The van der Waals surface area contributed by atoms with Gasteiger partial charge >= 0.3 is 0 Å². The fourth-order valence-electron chi connectivity index (χ4n) is 6.49. The minimum Gasteiger partial charge on any atom is -0.507 e. The zero-order chi connectivity index (χ0) is 32.0. The van der Waals surface area contributed by atoms with Crippen molar-refractivity contribution in [3.05, 3.63) is 89.5 Å². The maximum absolute atomic E-state index is 13.2. The van der Waals surface area contributed by atoms with Crippen LogP contribution in [0.3, 0.4) is 0 Å². The first-order chi connectivity index (χ1) is 21.6. The number of aromatic hydroxyl groups is 1. The zero-order valence-corrected chi connectivity index (χ0v) is 26.5. The lowest BCUT2D eigenvalue weighted by atomic mass is 9.81. The molecule has 0 bridgehead atoms. The molecule has 1 heterocycles. The summed E-state index contributed by atoms with van der Waals surface area (Å²) in [4.78, 5) is 14.9. The molecule has 0 aromatic heterocycles. The number of hydrogen-bond donors (Lipinski definition) is 4. The molecule has 45 heavy (non-hydrogen) atoms. The van der Waals surface area contributed by atoms with Crippen LogP contribution in [0.25, 0.3) is 0 Å². The molecule has 2 atom stereocenters. The maximum atomic E-state index is 13.2.